The Morgan fingerprint density at radius 3 is 2.60 bits per heavy atom. The predicted octanol–water partition coefficient (Wildman–Crippen LogP) is 2.48. The van der Waals surface area contributed by atoms with Crippen molar-refractivity contribution in [2.24, 2.45) is 11.8 Å². The zero-order valence-electron chi connectivity index (χ0n) is 11.6. The van der Waals surface area contributed by atoms with Gasteiger partial charge < -0.3 is 4.74 Å². The Bertz CT molecular complexity index is 500. The summed E-state index contributed by atoms with van der Waals surface area (Å²) in [4.78, 5) is 23.9. The van der Waals surface area contributed by atoms with Crippen LogP contribution in [0.4, 0.5) is 0 Å². The van der Waals surface area contributed by atoms with Crippen LogP contribution in [-0.2, 0) is 14.3 Å². The second-order valence-electron chi connectivity index (χ2n) is 5.24. The molecule has 20 heavy (non-hydrogen) atoms. The minimum atomic E-state index is -0.300. The van der Waals surface area contributed by atoms with E-state index in [9.17, 15) is 9.59 Å². The monoisotopic (exact) mass is 339 g/mol. The zero-order valence-corrected chi connectivity index (χ0v) is 13.1. The molecule has 2 rings (SSSR count). The number of carbonyl (C=O) groups is 2. The molecule has 1 aliphatic heterocycles. The minimum absolute atomic E-state index is 0.0302. The Morgan fingerprint density at radius 1 is 1.35 bits per heavy atom. The maximum absolute atomic E-state index is 12.2. The van der Waals surface area contributed by atoms with E-state index in [4.69, 9.17) is 4.74 Å². The van der Waals surface area contributed by atoms with Gasteiger partial charge in [0.15, 0.2) is 0 Å². The molecule has 1 saturated heterocycles. The fourth-order valence-corrected chi connectivity index (χ4v) is 3.04. The largest absolute Gasteiger partial charge is 0.384 e. The molecule has 4 nitrogen and oxygen atoms in total. The predicted molar refractivity (Wildman–Crippen MR) is 79.2 cm³/mol. The number of piperidine rings is 1. The molecule has 1 aromatic carbocycles. The van der Waals surface area contributed by atoms with E-state index in [1.807, 2.05) is 31.2 Å². The molecule has 3 unspecified atom stereocenters. The van der Waals surface area contributed by atoms with Crippen LogP contribution in [0.25, 0.3) is 0 Å². The van der Waals surface area contributed by atoms with Crippen molar-refractivity contribution in [1.29, 1.82) is 0 Å². The van der Waals surface area contributed by atoms with E-state index in [0.29, 0.717) is 13.0 Å². The molecular weight excluding hydrogens is 322 g/mol. The summed E-state index contributed by atoms with van der Waals surface area (Å²) in [6.07, 6.45) is 0.358. The second-order valence-corrected chi connectivity index (χ2v) is 6.16. The topological polar surface area (TPSA) is 55.4 Å². The van der Waals surface area contributed by atoms with Crippen LogP contribution in [0.5, 0.6) is 0 Å². The summed E-state index contributed by atoms with van der Waals surface area (Å²) in [6, 6.07) is 7.68. The van der Waals surface area contributed by atoms with Gasteiger partial charge in [-0.15, -0.1) is 0 Å². The molecule has 2 amide bonds. The van der Waals surface area contributed by atoms with E-state index in [0.717, 1.165) is 10.0 Å². The summed E-state index contributed by atoms with van der Waals surface area (Å²) < 4.78 is 6.15. The number of methoxy groups -OCH3 is 1. The average Bonchev–Trinajstić information content (AvgIpc) is 2.39. The Hall–Kier alpha value is -1.20. The molecule has 0 aliphatic carbocycles. The van der Waals surface area contributed by atoms with Crippen molar-refractivity contribution in [1.82, 2.24) is 5.32 Å². The Balaban J connectivity index is 2.31. The SMILES string of the molecule is COCC(C)C1CC(=O)NC(=O)C1c1ccc(Br)cc1. The van der Waals surface area contributed by atoms with Crippen molar-refractivity contribution < 1.29 is 14.3 Å². The average molecular weight is 340 g/mol. The lowest BCUT2D eigenvalue weighted by Gasteiger charge is -2.34. The van der Waals surface area contributed by atoms with Gasteiger partial charge in [0.1, 0.15) is 0 Å². The molecule has 1 N–H and O–H groups in total. The first-order chi connectivity index (χ1) is 9.52. The number of imide groups is 1. The first-order valence-electron chi connectivity index (χ1n) is 6.61. The number of nitrogens with one attached hydrogen (secondary N) is 1. The first kappa shape index (κ1) is 15.2. The van der Waals surface area contributed by atoms with Crippen LogP contribution in [0.1, 0.15) is 24.8 Å². The number of benzene rings is 1. The molecule has 1 aromatic rings. The zero-order chi connectivity index (χ0) is 14.7. The quantitative estimate of drug-likeness (QED) is 0.857. The maximum Gasteiger partial charge on any atom is 0.234 e. The van der Waals surface area contributed by atoms with E-state index in [1.54, 1.807) is 7.11 Å². The van der Waals surface area contributed by atoms with Crippen LogP contribution in [0.3, 0.4) is 0 Å². The van der Waals surface area contributed by atoms with Gasteiger partial charge in [-0.1, -0.05) is 35.0 Å². The number of rotatable bonds is 4. The van der Waals surface area contributed by atoms with Crippen LogP contribution < -0.4 is 5.32 Å². The summed E-state index contributed by atoms with van der Waals surface area (Å²) in [5.41, 5.74) is 0.936. The van der Waals surface area contributed by atoms with E-state index < -0.39 is 0 Å². The van der Waals surface area contributed by atoms with Crippen molar-refractivity contribution in [3.63, 3.8) is 0 Å². The van der Waals surface area contributed by atoms with Crippen molar-refractivity contribution >= 4 is 27.7 Å². The number of halogens is 1. The summed E-state index contributed by atoms with van der Waals surface area (Å²) >= 11 is 3.39. The van der Waals surface area contributed by atoms with E-state index in [2.05, 4.69) is 21.2 Å². The summed E-state index contributed by atoms with van der Waals surface area (Å²) in [7, 11) is 1.63. The van der Waals surface area contributed by atoms with Gasteiger partial charge in [-0.2, -0.15) is 0 Å². The standard InChI is InChI=1S/C15H18BrNO3/c1-9(8-20-2)12-7-13(18)17-15(19)14(12)10-3-5-11(16)6-4-10/h3-6,9,12,14H,7-8H2,1-2H3,(H,17,18,19). The molecule has 1 heterocycles. The molecule has 0 aromatic heterocycles. The van der Waals surface area contributed by atoms with Crippen LogP contribution in [0.2, 0.25) is 0 Å². The minimum Gasteiger partial charge on any atom is -0.384 e. The van der Waals surface area contributed by atoms with Gasteiger partial charge >= 0.3 is 0 Å². The van der Waals surface area contributed by atoms with Crippen LogP contribution in [0, 0.1) is 11.8 Å². The highest BCUT2D eigenvalue weighted by molar-refractivity contribution is 9.10. The lowest BCUT2D eigenvalue weighted by molar-refractivity contribution is -0.137. The normalized spacial score (nSPS) is 24.4. The van der Waals surface area contributed by atoms with Crippen LogP contribution in [0.15, 0.2) is 28.7 Å². The molecular formula is C15H18BrNO3. The molecule has 1 aliphatic rings. The molecule has 0 bridgehead atoms. The third kappa shape index (κ3) is 3.27. The lowest BCUT2D eigenvalue weighted by Crippen LogP contribution is -2.46. The van der Waals surface area contributed by atoms with Gasteiger partial charge in [0.2, 0.25) is 11.8 Å². The maximum atomic E-state index is 12.2. The van der Waals surface area contributed by atoms with Crippen molar-refractivity contribution in [2.75, 3.05) is 13.7 Å². The van der Waals surface area contributed by atoms with E-state index in [-0.39, 0.29) is 29.6 Å². The molecule has 5 heteroatoms. The van der Waals surface area contributed by atoms with Crippen LogP contribution >= 0.6 is 15.9 Å². The number of hydrogen-bond donors (Lipinski definition) is 1. The Labute approximate surface area is 127 Å². The molecule has 3 atom stereocenters. The van der Waals surface area contributed by atoms with Gasteiger partial charge in [-0.05, 0) is 29.5 Å². The highest BCUT2D eigenvalue weighted by Crippen LogP contribution is 2.36. The number of ether oxygens (including phenoxy) is 1. The number of hydrogen-bond acceptors (Lipinski definition) is 3. The van der Waals surface area contributed by atoms with Crippen molar-refractivity contribution in [2.45, 2.75) is 19.3 Å². The Kier molecular flexibility index (Phi) is 4.94. The number of amides is 2. The number of carbonyl (C=O) groups excluding carboxylic acids is 2. The molecule has 0 saturated carbocycles. The molecule has 108 valence electrons. The fourth-order valence-electron chi connectivity index (χ4n) is 2.78. The smallest absolute Gasteiger partial charge is 0.234 e. The van der Waals surface area contributed by atoms with Crippen molar-refractivity contribution in [3.05, 3.63) is 34.3 Å². The molecule has 0 radical (unpaired) electrons. The van der Waals surface area contributed by atoms with E-state index in [1.165, 1.54) is 0 Å². The lowest BCUT2D eigenvalue weighted by atomic mass is 9.74. The highest BCUT2D eigenvalue weighted by Gasteiger charge is 2.39. The fraction of sp³-hybridized carbons (Fsp3) is 0.467. The highest BCUT2D eigenvalue weighted by atomic mass is 79.9. The van der Waals surface area contributed by atoms with Crippen LogP contribution in [-0.4, -0.2) is 25.5 Å². The summed E-state index contributed by atoms with van der Waals surface area (Å²) in [6.45, 7) is 2.56. The third-order valence-corrected chi connectivity index (χ3v) is 4.31. The van der Waals surface area contributed by atoms with E-state index >= 15 is 0 Å². The Morgan fingerprint density at radius 2 is 2.00 bits per heavy atom. The summed E-state index contributed by atoms with van der Waals surface area (Å²) in [5.74, 6) is -0.597. The van der Waals surface area contributed by atoms with Gasteiger partial charge in [0, 0.05) is 24.6 Å². The summed E-state index contributed by atoms with van der Waals surface area (Å²) in [5, 5.41) is 2.44. The van der Waals surface area contributed by atoms with Crippen molar-refractivity contribution in [3.8, 4) is 0 Å². The molecule has 0 spiro atoms. The van der Waals surface area contributed by atoms with Gasteiger partial charge in [0.25, 0.3) is 0 Å². The van der Waals surface area contributed by atoms with Gasteiger partial charge in [-0.3, -0.25) is 14.9 Å². The van der Waals surface area contributed by atoms with Gasteiger partial charge in [-0.25, -0.2) is 0 Å². The van der Waals surface area contributed by atoms with Gasteiger partial charge in [0.05, 0.1) is 5.92 Å². The third-order valence-electron chi connectivity index (χ3n) is 3.78. The second kappa shape index (κ2) is 6.50. The molecule has 1 fully saturated rings. The first-order valence-corrected chi connectivity index (χ1v) is 7.40.